The monoisotopic (exact) mass is 395 g/mol. The van der Waals surface area contributed by atoms with Gasteiger partial charge in [0.25, 0.3) is 5.56 Å². The second kappa shape index (κ2) is 6.62. The summed E-state index contributed by atoms with van der Waals surface area (Å²) in [6, 6.07) is 8.92. The summed E-state index contributed by atoms with van der Waals surface area (Å²) < 4.78 is 47.9. The molecule has 3 aromatic rings. The minimum Gasteiger partial charge on any atom is -0.465 e. The molecule has 0 radical (unpaired) electrons. The average molecular weight is 395 g/mol. The lowest BCUT2D eigenvalue weighted by molar-refractivity contribution is -0.274. The summed E-state index contributed by atoms with van der Waals surface area (Å²) in [6.45, 7) is 0.541. The Morgan fingerprint density at radius 2 is 2.00 bits per heavy atom. The lowest BCUT2D eigenvalue weighted by atomic mass is 10.3. The molecule has 0 saturated heterocycles. The lowest BCUT2D eigenvalue weighted by Gasteiger charge is -2.25. The molecule has 27 heavy (non-hydrogen) atoms. The second-order valence-corrected chi connectivity index (χ2v) is 6.67. The third-order valence-electron chi connectivity index (χ3n) is 3.83. The van der Waals surface area contributed by atoms with Crippen LogP contribution in [0.4, 0.5) is 18.9 Å². The van der Waals surface area contributed by atoms with Crippen LogP contribution in [0.3, 0.4) is 0 Å². The SMILES string of the molecule is O=c1/c(=C/c2ccco2)sc2n1CN(c1ccc(OC(F)(F)F)cc1)CN=2. The molecule has 2 aromatic heterocycles. The predicted molar refractivity (Wildman–Crippen MR) is 92.1 cm³/mol. The average Bonchev–Trinajstić information content (AvgIpc) is 3.23. The molecule has 1 aliphatic rings. The number of halogens is 3. The molecule has 1 aromatic carbocycles. The van der Waals surface area contributed by atoms with Gasteiger partial charge >= 0.3 is 6.36 Å². The van der Waals surface area contributed by atoms with Gasteiger partial charge in [-0.05, 0) is 36.4 Å². The van der Waals surface area contributed by atoms with Crippen LogP contribution >= 0.6 is 11.3 Å². The van der Waals surface area contributed by atoms with Gasteiger partial charge in [-0.2, -0.15) is 0 Å². The molecular weight excluding hydrogens is 383 g/mol. The Kier molecular flexibility index (Phi) is 4.27. The van der Waals surface area contributed by atoms with E-state index in [9.17, 15) is 18.0 Å². The zero-order valence-electron chi connectivity index (χ0n) is 13.6. The number of hydrogen-bond acceptors (Lipinski definition) is 6. The number of fused-ring (bicyclic) bond motifs is 1. The third kappa shape index (κ3) is 3.75. The molecule has 0 fully saturated rings. The summed E-state index contributed by atoms with van der Waals surface area (Å²) in [7, 11) is 0. The summed E-state index contributed by atoms with van der Waals surface area (Å²) in [5, 5.41) is 0. The van der Waals surface area contributed by atoms with E-state index >= 15 is 0 Å². The molecule has 0 N–H and O–H groups in total. The number of benzene rings is 1. The van der Waals surface area contributed by atoms with Gasteiger partial charge in [0.2, 0.25) is 0 Å². The van der Waals surface area contributed by atoms with Crippen LogP contribution in [0.2, 0.25) is 0 Å². The van der Waals surface area contributed by atoms with Gasteiger partial charge < -0.3 is 14.1 Å². The van der Waals surface area contributed by atoms with Crippen molar-refractivity contribution in [1.29, 1.82) is 0 Å². The van der Waals surface area contributed by atoms with E-state index in [0.29, 0.717) is 27.5 Å². The van der Waals surface area contributed by atoms with Crippen LogP contribution in [0.1, 0.15) is 5.76 Å². The maximum Gasteiger partial charge on any atom is 0.573 e. The quantitative estimate of drug-likeness (QED) is 0.683. The minimum atomic E-state index is -4.73. The smallest absolute Gasteiger partial charge is 0.465 e. The second-order valence-electron chi connectivity index (χ2n) is 5.66. The van der Waals surface area contributed by atoms with E-state index in [1.165, 1.54) is 46.4 Å². The van der Waals surface area contributed by atoms with Crippen molar-refractivity contribution in [2.24, 2.45) is 4.99 Å². The first-order valence-corrected chi connectivity index (χ1v) is 8.61. The number of rotatable bonds is 3. The van der Waals surface area contributed by atoms with E-state index in [2.05, 4.69) is 9.73 Å². The van der Waals surface area contributed by atoms with Crippen LogP contribution in [-0.4, -0.2) is 17.6 Å². The Labute approximate surface area is 154 Å². The Balaban J connectivity index is 1.59. The first-order chi connectivity index (χ1) is 12.9. The standard InChI is InChI=1S/C17H12F3N3O3S/c18-17(19,20)26-12-5-3-11(4-6-12)22-9-21-16-23(10-22)15(24)14(27-16)8-13-2-1-7-25-13/h1-8H,9-10H2/b14-8-. The molecule has 4 rings (SSSR count). The third-order valence-corrected chi connectivity index (χ3v) is 4.87. The maximum absolute atomic E-state index is 12.6. The van der Waals surface area contributed by atoms with Crippen molar-refractivity contribution in [3.8, 4) is 5.75 Å². The van der Waals surface area contributed by atoms with Gasteiger partial charge in [0.1, 0.15) is 24.8 Å². The van der Waals surface area contributed by atoms with Crippen LogP contribution in [0.15, 0.2) is 56.9 Å². The zero-order valence-corrected chi connectivity index (χ0v) is 14.5. The first kappa shape index (κ1) is 17.4. The first-order valence-electron chi connectivity index (χ1n) is 7.79. The molecule has 1 aliphatic heterocycles. The minimum absolute atomic E-state index is 0.197. The van der Waals surface area contributed by atoms with Crippen LogP contribution in [-0.2, 0) is 6.67 Å². The van der Waals surface area contributed by atoms with Gasteiger partial charge in [0, 0.05) is 11.8 Å². The van der Waals surface area contributed by atoms with Crippen molar-refractivity contribution in [2.75, 3.05) is 11.6 Å². The molecule has 3 heterocycles. The van der Waals surface area contributed by atoms with Crippen molar-refractivity contribution < 1.29 is 22.3 Å². The van der Waals surface area contributed by atoms with E-state index < -0.39 is 6.36 Å². The van der Waals surface area contributed by atoms with Gasteiger partial charge in [0.05, 0.1) is 10.8 Å². The molecule has 0 atom stereocenters. The van der Waals surface area contributed by atoms with E-state index in [-0.39, 0.29) is 18.0 Å². The van der Waals surface area contributed by atoms with Gasteiger partial charge in [-0.1, -0.05) is 11.3 Å². The lowest BCUT2D eigenvalue weighted by Crippen LogP contribution is -2.42. The number of anilines is 1. The van der Waals surface area contributed by atoms with E-state index in [1.807, 2.05) is 0 Å². The zero-order chi connectivity index (χ0) is 19.0. The normalized spacial score (nSPS) is 14.8. The van der Waals surface area contributed by atoms with Crippen LogP contribution in [0, 0.1) is 0 Å². The highest BCUT2D eigenvalue weighted by atomic mass is 32.1. The van der Waals surface area contributed by atoms with Crippen molar-refractivity contribution >= 4 is 23.1 Å². The van der Waals surface area contributed by atoms with Crippen LogP contribution < -0.4 is 24.5 Å². The molecule has 0 aliphatic carbocycles. The number of thiazole rings is 1. The molecule has 0 amide bonds. The Morgan fingerprint density at radius 1 is 1.22 bits per heavy atom. The van der Waals surface area contributed by atoms with E-state index in [4.69, 9.17) is 4.42 Å². The fraction of sp³-hybridized carbons (Fsp3) is 0.176. The number of nitrogens with zero attached hydrogens (tertiary/aromatic N) is 3. The topological polar surface area (TPSA) is 60.0 Å². The molecule has 10 heteroatoms. The number of furan rings is 1. The summed E-state index contributed by atoms with van der Waals surface area (Å²) in [5.41, 5.74) is 0.436. The summed E-state index contributed by atoms with van der Waals surface area (Å²) in [6.07, 6.45) is -1.56. The van der Waals surface area contributed by atoms with Gasteiger partial charge in [0.15, 0.2) is 4.80 Å². The highest BCUT2D eigenvalue weighted by molar-refractivity contribution is 7.07. The van der Waals surface area contributed by atoms with Crippen molar-refractivity contribution in [1.82, 2.24) is 4.57 Å². The highest BCUT2D eigenvalue weighted by Crippen LogP contribution is 2.25. The van der Waals surface area contributed by atoms with Gasteiger partial charge in [-0.25, -0.2) is 4.99 Å². The largest absolute Gasteiger partial charge is 0.573 e. The number of ether oxygens (including phenoxy) is 1. The highest BCUT2D eigenvalue weighted by Gasteiger charge is 2.31. The van der Waals surface area contributed by atoms with Crippen molar-refractivity contribution in [2.45, 2.75) is 13.0 Å². The van der Waals surface area contributed by atoms with Gasteiger partial charge in [-0.3, -0.25) is 9.36 Å². The fourth-order valence-corrected chi connectivity index (χ4v) is 3.58. The molecular formula is C17H12F3N3O3S. The van der Waals surface area contributed by atoms with E-state index in [0.717, 1.165) is 0 Å². The van der Waals surface area contributed by atoms with Crippen molar-refractivity contribution in [3.63, 3.8) is 0 Å². The molecule has 0 unspecified atom stereocenters. The number of aromatic nitrogens is 1. The molecule has 0 spiro atoms. The number of hydrogen-bond donors (Lipinski definition) is 0. The molecule has 0 saturated carbocycles. The van der Waals surface area contributed by atoms with Crippen molar-refractivity contribution in [3.05, 3.63) is 68.1 Å². The van der Waals surface area contributed by atoms with E-state index in [1.54, 1.807) is 23.1 Å². The predicted octanol–water partition coefficient (Wildman–Crippen LogP) is 2.29. The Morgan fingerprint density at radius 3 is 2.67 bits per heavy atom. The van der Waals surface area contributed by atoms with Crippen LogP contribution in [0.5, 0.6) is 5.75 Å². The number of alkyl halides is 3. The molecule has 0 bridgehead atoms. The summed E-state index contributed by atoms with van der Waals surface area (Å²) in [4.78, 5) is 19.3. The Bertz CT molecular complexity index is 1120. The summed E-state index contributed by atoms with van der Waals surface area (Å²) >= 11 is 1.26. The Hall–Kier alpha value is -3.01. The van der Waals surface area contributed by atoms with Crippen LogP contribution in [0.25, 0.3) is 6.08 Å². The summed E-state index contributed by atoms with van der Waals surface area (Å²) in [5.74, 6) is 0.271. The van der Waals surface area contributed by atoms with Gasteiger partial charge in [-0.15, -0.1) is 13.2 Å². The fourth-order valence-electron chi connectivity index (χ4n) is 2.64. The molecule has 140 valence electrons. The molecule has 6 nitrogen and oxygen atoms in total. The maximum atomic E-state index is 12.6.